The SMILES string of the molecule is CC12COP(OC1)OC2.CC12COP(OC1)OC2.CC12COP(OC1)OC2.CC12COP(OC1)OC2.[Ni]. The molecular formula is C20H36NiO12P4. The third-order valence-electron chi connectivity index (χ3n) is 6.22. The van der Waals surface area contributed by atoms with Crippen LogP contribution in [0.2, 0.25) is 0 Å². The molecule has 0 spiro atoms. The number of fused-ring (bicyclic) bond motifs is 12. The Balaban J connectivity index is 0.000000114. The van der Waals surface area contributed by atoms with E-state index < -0.39 is 34.4 Å². The first kappa shape index (κ1) is 31.7. The molecule has 12 aliphatic heterocycles. The van der Waals surface area contributed by atoms with E-state index in [-0.39, 0.29) is 38.2 Å². The number of rotatable bonds is 0. The van der Waals surface area contributed by atoms with Gasteiger partial charge in [0, 0.05) is 38.2 Å². The zero-order valence-electron chi connectivity index (χ0n) is 21.5. The molecule has 0 amide bonds. The van der Waals surface area contributed by atoms with E-state index in [2.05, 4.69) is 27.7 Å². The van der Waals surface area contributed by atoms with E-state index >= 15 is 0 Å². The minimum atomic E-state index is -0.935. The Kier molecular flexibility index (Phi) is 11.4. The van der Waals surface area contributed by atoms with Crippen LogP contribution in [0.25, 0.3) is 0 Å². The molecule has 37 heavy (non-hydrogen) atoms. The van der Waals surface area contributed by atoms with E-state index in [0.29, 0.717) is 0 Å². The van der Waals surface area contributed by atoms with Gasteiger partial charge in [-0.25, -0.2) is 0 Å². The molecule has 12 heterocycles. The average Bonchev–Trinajstić information content (AvgIpc) is 2.92. The Bertz CT molecular complexity index is 549. The van der Waals surface area contributed by atoms with Gasteiger partial charge in [-0.2, -0.15) is 0 Å². The van der Waals surface area contributed by atoms with Crippen LogP contribution in [0.5, 0.6) is 0 Å². The van der Waals surface area contributed by atoms with Crippen LogP contribution in [-0.2, 0) is 70.8 Å². The van der Waals surface area contributed by atoms with E-state index in [1.165, 1.54) is 0 Å². The summed E-state index contributed by atoms with van der Waals surface area (Å²) in [6, 6.07) is 0. The maximum Gasteiger partial charge on any atom is 0.332 e. The Morgan fingerprint density at radius 2 is 0.405 bits per heavy atom. The molecule has 12 aliphatic rings. The van der Waals surface area contributed by atoms with E-state index in [0.717, 1.165) is 79.3 Å². The van der Waals surface area contributed by atoms with Crippen molar-refractivity contribution in [2.75, 3.05) is 79.3 Å². The van der Waals surface area contributed by atoms with Crippen LogP contribution in [0.3, 0.4) is 0 Å². The van der Waals surface area contributed by atoms with Crippen molar-refractivity contribution in [3.8, 4) is 0 Å². The second kappa shape index (κ2) is 13.4. The quantitative estimate of drug-likeness (QED) is 0.254. The Morgan fingerprint density at radius 3 is 0.459 bits per heavy atom. The first-order chi connectivity index (χ1) is 17.1. The third kappa shape index (κ3) is 8.86. The van der Waals surface area contributed by atoms with Crippen LogP contribution in [0, 0.1) is 21.7 Å². The molecule has 0 aromatic carbocycles. The van der Waals surface area contributed by atoms with Crippen molar-refractivity contribution in [3.63, 3.8) is 0 Å². The van der Waals surface area contributed by atoms with Gasteiger partial charge in [0.25, 0.3) is 0 Å². The fraction of sp³-hybridized carbons (Fsp3) is 1.00. The third-order valence-corrected chi connectivity index (χ3v) is 10.3. The standard InChI is InChI=1S/4C5H9O3P.Ni/c4*1-5-2-6-9(7-3-5)8-4-5;/h4*2-4H2,1H3;. The molecule has 218 valence electrons. The first-order valence-electron chi connectivity index (χ1n) is 11.9. The maximum atomic E-state index is 5.20. The molecule has 0 aromatic rings. The molecule has 17 heteroatoms. The monoisotopic (exact) mass is 650 g/mol. The molecule has 0 radical (unpaired) electrons. The molecule has 0 saturated carbocycles. The predicted molar refractivity (Wildman–Crippen MR) is 132 cm³/mol. The molecule has 8 bridgehead atoms. The van der Waals surface area contributed by atoms with Gasteiger partial charge in [0.15, 0.2) is 0 Å². The van der Waals surface area contributed by atoms with Crippen LogP contribution < -0.4 is 0 Å². The topological polar surface area (TPSA) is 111 Å². The molecule has 0 atom stereocenters. The van der Waals surface area contributed by atoms with Crippen molar-refractivity contribution in [2.24, 2.45) is 21.7 Å². The van der Waals surface area contributed by atoms with Gasteiger partial charge < -0.3 is 54.3 Å². The van der Waals surface area contributed by atoms with E-state index in [9.17, 15) is 0 Å². The first-order valence-corrected chi connectivity index (χ1v) is 16.3. The molecular weight excluding hydrogens is 615 g/mol. The molecule has 12 rings (SSSR count). The van der Waals surface area contributed by atoms with E-state index in [1.54, 1.807) is 0 Å². The second-order valence-corrected chi connectivity index (χ2v) is 16.3. The fourth-order valence-electron chi connectivity index (χ4n) is 3.45. The number of hydrogen-bond donors (Lipinski definition) is 0. The van der Waals surface area contributed by atoms with Crippen LogP contribution in [-0.4, -0.2) is 79.3 Å². The van der Waals surface area contributed by atoms with Gasteiger partial charge in [0.1, 0.15) is 0 Å². The van der Waals surface area contributed by atoms with Crippen LogP contribution in [0.15, 0.2) is 0 Å². The minimum absolute atomic E-state index is 0. The van der Waals surface area contributed by atoms with Crippen LogP contribution >= 0.6 is 34.4 Å². The summed E-state index contributed by atoms with van der Waals surface area (Å²) >= 11 is 0. The van der Waals surface area contributed by atoms with Gasteiger partial charge in [-0.15, -0.1) is 0 Å². The second-order valence-electron chi connectivity index (χ2n) is 11.4. The Hall–Kier alpha value is 1.73. The van der Waals surface area contributed by atoms with Crippen molar-refractivity contribution in [3.05, 3.63) is 0 Å². The summed E-state index contributed by atoms with van der Waals surface area (Å²) in [7, 11) is -3.74. The summed E-state index contributed by atoms with van der Waals surface area (Å²) in [5, 5.41) is 0. The molecule has 0 unspecified atom stereocenters. The molecule has 0 N–H and O–H groups in total. The number of hydrogen-bond acceptors (Lipinski definition) is 12. The maximum absolute atomic E-state index is 5.20. The van der Waals surface area contributed by atoms with Crippen molar-refractivity contribution >= 4 is 34.4 Å². The smallest absolute Gasteiger partial charge is 0.311 e. The van der Waals surface area contributed by atoms with Gasteiger partial charge in [-0.05, 0) is 0 Å². The van der Waals surface area contributed by atoms with Gasteiger partial charge in [0.2, 0.25) is 0 Å². The van der Waals surface area contributed by atoms with Gasteiger partial charge >= 0.3 is 34.4 Å². The Labute approximate surface area is 233 Å². The van der Waals surface area contributed by atoms with Crippen molar-refractivity contribution in [2.45, 2.75) is 27.7 Å². The van der Waals surface area contributed by atoms with Crippen molar-refractivity contribution < 1.29 is 70.8 Å². The van der Waals surface area contributed by atoms with Gasteiger partial charge in [0.05, 0.1) is 79.3 Å². The van der Waals surface area contributed by atoms with Gasteiger partial charge in [-0.1, -0.05) is 27.7 Å². The van der Waals surface area contributed by atoms with Crippen molar-refractivity contribution in [1.82, 2.24) is 0 Å². The predicted octanol–water partition coefficient (Wildman–Crippen LogP) is 5.18. The average molecular weight is 651 g/mol. The molecule has 0 aromatic heterocycles. The Morgan fingerprint density at radius 1 is 0.297 bits per heavy atom. The normalized spacial score (nSPS) is 48.3. The van der Waals surface area contributed by atoms with E-state index in [4.69, 9.17) is 54.3 Å². The summed E-state index contributed by atoms with van der Waals surface area (Å²) in [5.74, 6) is 0. The van der Waals surface area contributed by atoms with E-state index in [1.807, 2.05) is 0 Å². The van der Waals surface area contributed by atoms with Crippen molar-refractivity contribution in [1.29, 1.82) is 0 Å². The largest absolute Gasteiger partial charge is 0.332 e. The van der Waals surface area contributed by atoms with Crippen LogP contribution in [0.1, 0.15) is 27.7 Å². The van der Waals surface area contributed by atoms with Crippen LogP contribution in [0.4, 0.5) is 0 Å². The fourth-order valence-corrected chi connectivity index (χ4v) is 9.35. The molecule has 12 fully saturated rings. The summed E-state index contributed by atoms with van der Waals surface area (Å²) in [5.41, 5.74) is 0.544. The zero-order valence-corrected chi connectivity index (χ0v) is 26.1. The zero-order chi connectivity index (χ0) is 25.3. The summed E-state index contributed by atoms with van der Waals surface area (Å²) in [6.45, 7) is 18.1. The summed E-state index contributed by atoms with van der Waals surface area (Å²) < 4.78 is 62.4. The summed E-state index contributed by atoms with van der Waals surface area (Å²) in [4.78, 5) is 0. The molecule has 12 saturated heterocycles. The molecule has 12 nitrogen and oxygen atoms in total. The summed E-state index contributed by atoms with van der Waals surface area (Å²) in [6.07, 6.45) is 0. The minimum Gasteiger partial charge on any atom is -0.311 e. The van der Waals surface area contributed by atoms with Gasteiger partial charge in [-0.3, -0.25) is 0 Å². The molecule has 0 aliphatic carbocycles.